The minimum absolute atomic E-state index is 0.204. The second-order valence-corrected chi connectivity index (χ2v) is 7.27. The van der Waals surface area contributed by atoms with E-state index in [0.717, 1.165) is 18.6 Å². The maximum Gasteiger partial charge on any atom is 0.119 e. The second kappa shape index (κ2) is 5.40. The van der Waals surface area contributed by atoms with Crippen LogP contribution in [0.4, 0.5) is 0 Å². The molecule has 0 aliphatic heterocycles. The third kappa shape index (κ3) is 2.71. The number of benzene rings is 1. The van der Waals surface area contributed by atoms with E-state index < -0.39 is 0 Å². The van der Waals surface area contributed by atoms with E-state index in [9.17, 15) is 0 Å². The monoisotopic (exact) mass is 275 g/mol. The summed E-state index contributed by atoms with van der Waals surface area (Å²) in [4.78, 5) is 0. The van der Waals surface area contributed by atoms with E-state index in [2.05, 4.69) is 64.2 Å². The van der Waals surface area contributed by atoms with Gasteiger partial charge in [0.25, 0.3) is 0 Å². The van der Waals surface area contributed by atoms with Gasteiger partial charge in [0.1, 0.15) is 11.9 Å². The normalized spacial score (nSPS) is 25.1. The lowest BCUT2D eigenvalue weighted by atomic mass is 9.64. The molecule has 0 spiro atoms. The fourth-order valence-corrected chi connectivity index (χ4v) is 2.93. The van der Waals surface area contributed by atoms with Crippen molar-refractivity contribution in [3.63, 3.8) is 0 Å². The first-order chi connectivity index (χ1) is 9.31. The standard InChI is InChI=1S/C18H29NO/c1-7-17(2,3)13-8-10-14(11-9-13)20-16-12-15(19-6)18(16,4)5/h8-11,15-16,19H,7,12H2,1-6H3. The molecular formula is C18H29NO. The van der Waals surface area contributed by atoms with Gasteiger partial charge < -0.3 is 10.1 Å². The molecule has 2 atom stereocenters. The maximum atomic E-state index is 6.16. The molecule has 1 aromatic carbocycles. The van der Waals surface area contributed by atoms with E-state index in [1.54, 1.807) is 0 Å². The minimum atomic E-state index is 0.204. The van der Waals surface area contributed by atoms with Crippen molar-refractivity contribution in [1.82, 2.24) is 5.32 Å². The molecule has 1 N–H and O–H groups in total. The van der Waals surface area contributed by atoms with Crippen molar-refractivity contribution in [3.8, 4) is 5.75 Å². The molecule has 0 aromatic heterocycles. The van der Waals surface area contributed by atoms with Crippen molar-refractivity contribution in [2.45, 2.75) is 65.0 Å². The summed E-state index contributed by atoms with van der Waals surface area (Å²) in [6.07, 6.45) is 2.54. The van der Waals surface area contributed by atoms with Gasteiger partial charge in [-0.15, -0.1) is 0 Å². The van der Waals surface area contributed by atoms with E-state index in [4.69, 9.17) is 4.74 Å². The lowest BCUT2D eigenvalue weighted by molar-refractivity contribution is -0.0520. The van der Waals surface area contributed by atoms with Gasteiger partial charge in [0.15, 0.2) is 0 Å². The lowest BCUT2D eigenvalue weighted by Crippen LogP contribution is -2.61. The third-order valence-electron chi connectivity index (χ3n) is 5.32. The molecule has 0 radical (unpaired) electrons. The molecule has 2 heteroatoms. The molecular weight excluding hydrogens is 246 g/mol. The van der Waals surface area contributed by atoms with E-state index in [1.165, 1.54) is 5.56 Å². The van der Waals surface area contributed by atoms with Gasteiger partial charge in [-0.05, 0) is 36.6 Å². The Morgan fingerprint density at radius 2 is 1.85 bits per heavy atom. The molecule has 2 rings (SSSR count). The van der Waals surface area contributed by atoms with Gasteiger partial charge in [-0.3, -0.25) is 0 Å². The van der Waals surface area contributed by atoms with E-state index in [1.807, 2.05) is 7.05 Å². The summed E-state index contributed by atoms with van der Waals surface area (Å²) in [7, 11) is 2.03. The molecule has 1 fully saturated rings. The van der Waals surface area contributed by atoms with Gasteiger partial charge in [0, 0.05) is 17.9 Å². The van der Waals surface area contributed by atoms with Crippen molar-refractivity contribution in [2.75, 3.05) is 7.05 Å². The Hall–Kier alpha value is -1.02. The quantitative estimate of drug-likeness (QED) is 0.872. The van der Waals surface area contributed by atoms with Crippen LogP contribution < -0.4 is 10.1 Å². The van der Waals surface area contributed by atoms with Crippen LogP contribution in [0.25, 0.3) is 0 Å². The zero-order chi connectivity index (χ0) is 15.0. The van der Waals surface area contributed by atoms with Crippen molar-refractivity contribution in [1.29, 1.82) is 0 Å². The Kier molecular flexibility index (Phi) is 4.15. The number of rotatable bonds is 5. The van der Waals surface area contributed by atoms with Gasteiger partial charge >= 0.3 is 0 Å². The van der Waals surface area contributed by atoms with E-state index in [-0.39, 0.29) is 10.8 Å². The number of hydrogen-bond acceptors (Lipinski definition) is 2. The Morgan fingerprint density at radius 3 is 2.30 bits per heavy atom. The Bertz CT molecular complexity index is 447. The van der Waals surface area contributed by atoms with Crippen molar-refractivity contribution < 1.29 is 4.74 Å². The van der Waals surface area contributed by atoms with Gasteiger partial charge in [0.2, 0.25) is 0 Å². The highest BCUT2D eigenvalue weighted by Gasteiger charge is 2.49. The number of ether oxygens (including phenoxy) is 1. The fraction of sp³-hybridized carbons (Fsp3) is 0.667. The Balaban J connectivity index is 2.02. The SMILES string of the molecule is CCC(C)(C)c1ccc(OC2CC(NC)C2(C)C)cc1. The highest BCUT2D eigenvalue weighted by atomic mass is 16.5. The Labute approximate surface area is 123 Å². The molecule has 0 bridgehead atoms. The highest BCUT2D eigenvalue weighted by molar-refractivity contribution is 5.32. The van der Waals surface area contributed by atoms with Gasteiger partial charge in [-0.2, -0.15) is 0 Å². The van der Waals surface area contributed by atoms with E-state index in [0.29, 0.717) is 12.1 Å². The van der Waals surface area contributed by atoms with Crippen LogP contribution in [0.5, 0.6) is 5.75 Å². The largest absolute Gasteiger partial charge is 0.490 e. The average Bonchev–Trinajstić information content (AvgIpc) is 2.43. The molecule has 1 aliphatic rings. The first-order valence-electron chi connectivity index (χ1n) is 7.75. The second-order valence-electron chi connectivity index (χ2n) is 7.27. The predicted molar refractivity (Wildman–Crippen MR) is 85.4 cm³/mol. The number of hydrogen-bond donors (Lipinski definition) is 1. The zero-order valence-electron chi connectivity index (χ0n) is 13.8. The molecule has 20 heavy (non-hydrogen) atoms. The molecule has 1 saturated carbocycles. The van der Waals surface area contributed by atoms with Crippen LogP contribution in [0.3, 0.4) is 0 Å². The van der Waals surface area contributed by atoms with Crippen LogP contribution in [0.2, 0.25) is 0 Å². The van der Waals surface area contributed by atoms with Crippen molar-refractivity contribution >= 4 is 0 Å². The Morgan fingerprint density at radius 1 is 1.25 bits per heavy atom. The molecule has 2 nitrogen and oxygen atoms in total. The maximum absolute atomic E-state index is 6.16. The molecule has 0 saturated heterocycles. The first kappa shape index (κ1) is 15.4. The molecule has 1 aromatic rings. The fourth-order valence-electron chi connectivity index (χ4n) is 2.93. The zero-order valence-corrected chi connectivity index (χ0v) is 13.8. The van der Waals surface area contributed by atoms with Crippen molar-refractivity contribution in [3.05, 3.63) is 29.8 Å². The van der Waals surface area contributed by atoms with Crippen LogP contribution in [0.15, 0.2) is 24.3 Å². The predicted octanol–water partition coefficient (Wildman–Crippen LogP) is 4.14. The van der Waals surface area contributed by atoms with Crippen LogP contribution in [0.1, 0.15) is 53.0 Å². The summed E-state index contributed by atoms with van der Waals surface area (Å²) in [6.45, 7) is 11.4. The van der Waals surface area contributed by atoms with Crippen LogP contribution in [-0.2, 0) is 5.41 Å². The third-order valence-corrected chi connectivity index (χ3v) is 5.32. The molecule has 0 heterocycles. The average molecular weight is 275 g/mol. The van der Waals surface area contributed by atoms with Gasteiger partial charge in [-0.25, -0.2) is 0 Å². The summed E-state index contributed by atoms with van der Waals surface area (Å²) < 4.78 is 6.16. The van der Waals surface area contributed by atoms with Crippen LogP contribution in [0, 0.1) is 5.41 Å². The van der Waals surface area contributed by atoms with Crippen LogP contribution in [-0.4, -0.2) is 19.2 Å². The van der Waals surface area contributed by atoms with Crippen LogP contribution >= 0.6 is 0 Å². The van der Waals surface area contributed by atoms with Crippen molar-refractivity contribution in [2.24, 2.45) is 5.41 Å². The summed E-state index contributed by atoms with van der Waals surface area (Å²) in [5.41, 5.74) is 1.83. The van der Waals surface area contributed by atoms with E-state index >= 15 is 0 Å². The molecule has 112 valence electrons. The summed E-state index contributed by atoms with van der Waals surface area (Å²) >= 11 is 0. The van der Waals surface area contributed by atoms with Gasteiger partial charge in [-0.1, -0.05) is 46.8 Å². The van der Waals surface area contributed by atoms with Gasteiger partial charge in [0.05, 0.1) is 0 Å². The molecule has 2 unspecified atom stereocenters. The summed E-state index contributed by atoms with van der Waals surface area (Å²) in [5.74, 6) is 0.994. The number of nitrogens with one attached hydrogen (secondary N) is 1. The molecule has 1 aliphatic carbocycles. The molecule has 0 amide bonds. The summed E-state index contributed by atoms with van der Waals surface area (Å²) in [5, 5.41) is 3.36. The first-order valence-corrected chi connectivity index (χ1v) is 7.75. The topological polar surface area (TPSA) is 21.3 Å². The minimum Gasteiger partial charge on any atom is -0.490 e. The highest BCUT2D eigenvalue weighted by Crippen LogP contribution is 2.43. The lowest BCUT2D eigenvalue weighted by Gasteiger charge is -2.51. The summed E-state index contributed by atoms with van der Waals surface area (Å²) in [6, 6.07) is 9.22. The smallest absolute Gasteiger partial charge is 0.119 e.